The number of aliphatic hydroxyl groups excluding tert-OH is 2. The van der Waals surface area contributed by atoms with Crippen LogP contribution in [0.4, 0.5) is 0 Å². The van der Waals surface area contributed by atoms with E-state index in [-0.39, 0.29) is 0 Å². The maximum Gasteiger partial charge on any atom is 0.119 e. The summed E-state index contributed by atoms with van der Waals surface area (Å²) < 4.78 is 5.63. The van der Waals surface area contributed by atoms with Gasteiger partial charge in [0.2, 0.25) is 0 Å². The summed E-state index contributed by atoms with van der Waals surface area (Å²) >= 11 is 4.86. The minimum Gasteiger partial charge on any atom is -0.492 e. The Morgan fingerprint density at radius 2 is 1.85 bits per heavy atom. The van der Waals surface area contributed by atoms with Crippen molar-refractivity contribution in [1.29, 1.82) is 0 Å². The van der Waals surface area contributed by atoms with Crippen molar-refractivity contribution in [3.05, 3.63) is 29.8 Å². The Hall–Kier alpha value is -1.21. The highest BCUT2D eigenvalue weighted by atomic mass is 32.1. The Morgan fingerprint density at radius 3 is 2.40 bits per heavy atom. The van der Waals surface area contributed by atoms with Crippen LogP contribution in [0.3, 0.4) is 0 Å². The summed E-state index contributed by atoms with van der Waals surface area (Å²) in [4.78, 5) is 2.46. The van der Waals surface area contributed by atoms with E-state index in [1.54, 1.807) is 0 Å². The molecule has 2 atom stereocenters. The number of benzene rings is 1. The number of rotatable bonds is 6. The van der Waals surface area contributed by atoms with Crippen molar-refractivity contribution in [2.24, 2.45) is 5.73 Å². The van der Waals surface area contributed by atoms with Crippen molar-refractivity contribution in [3.8, 4) is 5.75 Å². The Morgan fingerprint density at radius 1 is 1.25 bits per heavy atom. The van der Waals surface area contributed by atoms with Gasteiger partial charge in [-0.2, -0.15) is 0 Å². The molecule has 1 aromatic rings. The minimum absolute atomic E-state index is 0.477. The smallest absolute Gasteiger partial charge is 0.119 e. The fourth-order valence-electron chi connectivity index (χ4n) is 2.23. The molecule has 0 radical (unpaired) electrons. The van der Waals surface area contributed by atoms with Gasteiger partial charge in [0.25, 0.3) is 0 Å². The van der Waals surface area contributed by atoms with Crippen LogP contribution in [-0.4, -0.2) is 58.6 Å². The summed E-state index contributed by atoms with van der Waals surface area (Å²) in [5.41, 5.74) is 6.55. The van der Waals surface area contributed by atoms with E-state index < -0.39 is 12.2 Å². The van der Waals surface area contributed by atoms with Crippen LogP contribution < -0.4 is 10.5 Å². The predicted octanol–water partition coefficient (Wildman–Crippen LogP) is -0.0686. The number of likely N-dealkylation sites (tertiary alicyclic amines) is 1. The second-order valence-electron chi connectivity index (χ2n) is 5.03. The maximum absolute atomic E-state index is 9.43. The quantitative estimate of drug-likeness (QED) is 0.638. The van der Waals surface area contributed by atoms with E-state index in [4.69, 9.17) is 22.7 Å². The molecular formula is C14H20N2O3S. The van der Waals surface area contributed by atoms with E-state index in [1.165, 1.54) is 0 Å². The van der Waals surface area contributed by atoms with Crippen molar-refractivity contribution >= 4 is 17.2 Å². The number of thiocarbonyl (C=S) groups is 1. The Bertz CT molecular complexity index is 442. The normalized spacial score (nSPS) is 22.9. The molecule has 2 rings (SSSR count). The average Bonchev–Trinajstić information content (AvgIpc) is 2.70. The molecule has 4 N–H and O–H groups in total. The predicted molar refractivity (Wildman–Crippen MR) is 80.9 cm³/mol. The Balaban J connectivity index is 1.73. The minimum atomic E-state index is -0.644. The number of aliphatic hydroxyl groups is 2. The molecule has 1 saturated heterocycles. The van der Waals surface area contributed by atoms with Gasteiger partial charge in [0.1, 0.15) is 12.4 Å². The lowest BCUT2D eigenvalue weighted by atomic mass is 10.1. The molecule has 1 fully saturated rings. The van der Waals surface area contributed by atoms with Gasteiger partial charge in [0, 0.05) is 26.1 Å². The van der Waals surface area contributed by atoms with Crippen molar-refractivity contribution in [2.75, 3.05) is 26.2 Å². The van der Waals surface area contributed by atoms with Gasteiger partial charge in [-0.15, -0.1) is 0 Å². The molecule has 6 heteroatoms. The second-order valence-corrected chi connectivity index (χ2v) is 5.55. The lowest BCUT2D eigenvalue weighted by molar-refractivity contribution is 0.0572. The van der Waals surface area contributed by atoms with E-state index >= 15 is 0 Å². The Kier molecular flexibility index (Phi) is 5.31. The van der Waals surface area contributed by atoms with E-state index in [0.29, 0.717) is 37.7 Å². The van der Waals surface area contributed by atoms with Crippen LogP contribution in [0.25, 0.3) is 0 Å². The molecule has 0 bridgehead atoms. The number of ether oxygens (including phenoxy) is 1. The van der Waals surface area contributed by atoms with Crippen molar-refractivity contribution in [2.45, 2.75) is 18.6 Å². The SMILES string of the molecule is NC(=S)Cc1ccc(OCCN2CC(O)C(O)C2)cc1. The van der Waals surface area contributed by atoms with E-state index in [0.717, 1.165) is 11.3 Å². The van der Waals surface area contributed by atoms with E-state index in [9.17, 15) is 10.2 Å². The fraction of sp³-hybridized carbons (Fsp3) is 0.500. The largest absolute Gasteiger partial charge is 0.492 e. The van der Waals surface area contributed by atoms with Crippen LogP contribution >= 0.6 is 12.2 Å². The van der Waals surface area contributed by atoms with Crippen LogP contribution in [0.2, 0.25) is 0 Å². The zero-order valence-electron chi connectivity index (χ0n) is 11.2. The van der Waals surface area contributed by atoms with Gasteiger partial charge >= 0.3 is 0 Å². The highest BCUT2D eigenvalue weighted by Crippen LogP contribution is 2.14. The molecule has 0 saturated carbocycles. The first-order valence-corrected chi connectivity index (χ1v) is 7.04. The Labute approximate surface area is 124 Å². The summed E-state index contributed by atoms with van der Waals surface area (Å²) in [5, 5.41) is 18.9. The van der Waals surface area contributed by atoms with Gasteiger partial charge in [-0.25, -0.2) is 0 Å². The molecule has 1 heterocycles. The van der Waals surface area contributed by atoms with Gasteiger partial charge in [-0.1, -0.05) is 24.4 Å². The molecule has 1 aromatic carbocycles. The van der Waals surface area contributed by atoms with Gasteiger partial charge in [0.15, 0.2) is 0 Å². The topological polar surface area (TPSA) is 79.0 Å². The third-order valence-corrected chi connectivity index (χ3v) is 3.46. The van der Waals surface area contributed by atoms with Crippen LogP contribution in [0.5, 0.6) is 5.75 Å². The van der Waals surface area contributed by atoms with Gasteiger partial charge < -0.3 is 20.7 Å². The first-order valence-electron chi connectivity index (χ1n) is 6.63. The summed E-state index contributed by atoms with van der Waals surface area (Å²) in [6.07, 6.45) is -0.692. The lowest BCUT2D eigenvalue weighted by Gasteiger charge is -2.15. The van der Waals surface area contributed by atoms with Crippen molar-refractivity contribution in [3.63, 3.8) is 0 Å². The monoisotopic (exact) mass is 296 g/mol. The lowest BCUT2D eigenvalue weighted by Crippen LogP contribution is -2.27. The van der Waals surface area contributed by atoms with Gasteiger partial charge in [-0.3, -0.25) is 4.90 Å². The van der Waals surface area contributed by atoms with Crippen LogP contribution in [-0.2, 0) is 6.42 Å². The number of nitrogens with two attached hydrogens (primary N) is 1. The molecule has 0 aromatic heterocycles. The van der Waals surface area contributed by atoms with E-state index in [2.05, 4.69) is 0 Å². The molecule has 0 spiro atoms. The van der Waals surface area contributed by atoms with Crippen molar-refractivity contribution in [1.82, 2.24) is 4.90 Å². The highest BCUT2D eigenvalue weighted by molar-refractivity contribution is 7.80. The van der Waals surface area contributed by atoms with Gasteiger partial charge in [0.05, 0.1) is 17.2 Å². The highest BCUT2D eigenvalue weighted by Gasteiger charge is 2.28. The zero-order chi connectivity index (χ0) is 14.5. The third-order valence-electron chi connectivity index (χ3n) is 3.31. The third kappa shape index (κ3) is 4.42. The van der Waals surface area contributed by atoms with E-state index in [1.807, 2.05) is 29.2 Å². The molecule has 2 unspecified atom stereocenters. The van der Waals surface area contributed by atoms with Gasteiger partial charge in [-0.05, 0) is 17.7 Å². The molecule has 5 nitrogen and oxygen atoms in total. The van der Waals surface area contributed by atoms with Crippen LogP contribution in [0.1, 0.15) is 5.56 Å². The average molecular weight is 296 g/mol. The summed E-state index contributed by atoms with van der Waals surface area (Å²) in [6, 6.07) is 7.66. The molecule has 0 aliphatic carbocycles. The standard InChI is InChI=1S/C14H20N2O3S/c15-14(20)7-10-1-3-11(4-2-10)19-6-5-16-8-12(17)13(18)9-16/h1-4,12-13,17-18H,5-9H2,(H2,15,20). The molecule has 1 aliphatic heterocycles. The second kappa shape index (κ2) is 6.99. The summed E-state index contributed by atoms with van der Waals surface area (Å²) in [7, 11) is 0. The summed E-state index contributed by atoms with van der Waals surface area (Å²) in [5.74, 6) is 0.789. The molecular weight excluding hydrogens is 276 g/mol. The number of nitrogens with zero attached hydrogens (tertiary/aromatic N) is 1. The maximum atomic E-state index is 9.43. The number of hydrogen-bond acceptors (Lipinski definition) is 5. The van der Waals surface area contributed by atoms with Crippen molar-refractivity contribution < 1.29 is 14.9 Å². The zero-order valence-corrected chi connectivity index (χ0v) is 12.1. The molecule has 20 heavy (non-hydrogen) atoms. The van der Waals surface area contributed by atoms with Crippen LogP contribution in [0, 0.1) is 0 Å². The number of hydrogen-bond donors (Lipinski definition) is 3. The first-order chi connectivity index (χ1) is 9.54. The molecule has 1 aliphatic rings. The molecule has 0 amide bonds. The number of β-amino-alcohol motifs (C(OH)–C–C–N with tert-alkyl or cyclic N) is 2. The van der Waals surface area contributed by atoms with Crippen LogP contribution in [0.15, 0.2) is 24.3 Å². The summed E-state index contributed by atoms with van der Waals surface area (Å²) in [6.45, 7) is 2.20. The fourth-order valence-corrected chi connectivity index (χ4v) is 2.39. The first kappa shape index (κ1) is 15.2. The molecule has 110 valence electrons.